The summed E-state index contributed by atoms with van der Waals surface area (Å²) in [6, 6.07) is 0.564. The van der Waals surface area contributed by atoms with Gasteiger partial charge in [-0.2, -0.15) is 0 Å². The number of hydrogen-bond acceptors (Lipinski definition) is 4. The molecule has 0 radical (unpaired) electrons. The Morgan fingerprint density at radius 3 is 2.13 bits per heavy atom. The van der Waals surface area contributed by atoms with Gasteiger partial charge in [-0.05, 0) is 19.8 Å². The van der Waals surface area contributed by atoms with Crippen molar-refractivity contribution in [2.45, 2.75) is 25.8 Å². The SMILES string of the molecule is C1CCOC1.CC1CN(N)CCN1.Cl.Cl. The molecular weight excluding hydrogens is 237 g/mol. The Balaban J connectivity index is 0. The minimum Gasteiger partial charge on any atom is -0.381 e. The Bertz CT molecular complexity index is 121. The molecule has 6 heteroatoms. The Morgan fingerprint density at radius 1 is 1.27 bits per heavy atom. The maximum absolute atomic E-state index is 5.52. The number of nitrogens with zero attached hydrogens (tertiary/aromatic N) is 1. The molecule has 4 nitrogen and oxygen atoms in total. The molecule has 0 bridgehead atoms. The average Bonchev–Trinajstić information content (AvgIpc) is 2.59. The Kier molecular flexibility index (Phi) is 13.0. The molecule has 2 aliphatic heterocycles. The predicted molar refractivity (Wildman–Crippen MR) is 67.8 cm³/mol. The first-order valence-electron chi connectivity index (χ1n) is 5.10. The zero-order valence-electron chi connectivity index (χ0n) is 9.28. The van der Waals surface area contributed by atoms with E-state index in [0.29, 0.717) is 6.04 Å². The minimum atomic E-state index is 0. The summed E-state index contributed by atoms with van der Waals surface area (Å²) in [5, 5.41) is 5.14. The van der Waals surface area contributed by atoms with Crippen LogP contribution in [0.25, 0.3) is 0 Å². The summed E-state index contributed by atoms with van der Waals surface area (Å²) >= 11 is 0. The lowest BCUT2D eigenvalue weighted by Crippen LogP contribution is -2.51. The molecule has 2 rings (SSSR count). The fraction of sp³-hybridized carbons (Fsp3) is 1.00. The molecule has 2 fully saturated rings. The Morgan fingerprint density at radius 2 is 1.87 bits per heavy atom. The molecule has 3 N–H and O–H groups in total. The van der Waals surface area contributed by atoms with Crippen LogP contribution in [0.1, 0.15) is 19.8 Å². The number of ether oxygens (including phenoxy) is 1. The summed E-state index contributed by atoms with van der Waals surface area (Å²) in [5.41, 5.74) is 0. The van der Waals surface area contributed by atoms with E-state index in [1.54, 1.807) is 0 Å². The summed E-state index contributed by atoms with van der Waals surface area (Å²) in [7, 11) is 0. The van der Waals surface area contributed by atoms with Crippen molar-refractivity contribution < 1.29 is 4.74 Å². The van der Waals surface area contributed by atoms with Crippen LogP contribution in [-0.2, 0) is 4.74 Å². The highest BCUT2D eigenvalue weighted by atomic mass is 35.5. The predicted octanol–water partition coefficient (Wildman–Crippen LogP) is 0.794. The quantitative estimate of drug-likeness (QED) is 0.632. The molecule has 0 aromatic carbocycles. The maximum atomic E-state index is 5.52. The van der Waals surface area contributed by atoms with Gasteiger partial charge in [0.2, 0.25) is 0 Å². The first-order valence-corrected chi connectivity index (χ1v) is 5.10. The molecule has 0 aromatic rings. The van der Waals surface area contributed by atoms with E-state index in [1.165, 1.54) is 12.8 Å². The van der Waals surface area contributed by atoms with E-state index in [2.05, 4.69) is 12.2 Å². The monoisotopic (exact) mass is 259 g/mol. The maximum Gasteiger partial charge on any atom is 0.0466 e. The number of hydrogen-bond donors (Lipinski definition) is 2. The summed E-state index contributed by atoms with van der Waals surface area (Å²) in [4.78, 5) is 0. The second-order valence-electron chi connectivity index (χ2n) is 3.67. The first kappa shape index (κ1) is 17.8. The number of halogens is 2. The number of piperazine rings is 1. The third kappa shape index (κ3) is 9.35. The van der Waals surface area contributed by atoms with Crippen LogP contribution < -0.4 is 11.2 Å². The molecule has 0 amide bonds. The van der Waals surface area contributed by atoms with E-state index < -0.39 is 0 Å². The normalized spacial score (nSPS) is 25.6. The smallest absolute Gasteiger partial charge is 0.0466 e. The fourth-order valence-electron chi connectivity index (χ4n) is 1.47. The van der Waals surface area contributed by atoms with Crippen molar-refractivity contribution in [3.05, 3.63) is 0 Å². The van der Waals surface area contributed by atoms with Crippen LogP contribution in [-0.4, -0.2) is 43.9 Å². The van der Waals surface area contributed by atoms with Gasteiger partial charge in [0.1, 0.15) is 0 Å². The van der Waals surface area contributed by atoms with Gasteiger partial charge in [-0.1, -0.05) is 0 Å². The molecule has 1 unspecified atom stereocenters. The van der Waals surface area contributed by atoms with Crippen molar-refractivity contribution in [2.75, 3.05) is 32.8 Å². The van der Waals surface area contributed by atoms with Crippen molar-refractivity contribution in [3.63, 3.8) is 0 Å². The molecule has 94 valence electrons. The Hall–Kier alpha value is 0.420. The highest BCUT2D eigenvalue weighted by molar-refractivity contribution is 5.85. The number of rotatable bonds is 0. The molecule has 2 saturated heterocycles. The van der Waals surface area contributed by atoms with E-state index in [1.807, 2.05) is 5.01 Å². The number of nitrogens with two attached hydrogens (primary N) is 1. The van der Waals surface area contributed by atoms with Crippen LogP contribution in [0.5, 0.6) is 0 Å². The van der Waals surface area contributed by atoms with E-state index in [0.717, 1.165) is 32.8 Å². The standard InChI is InChI=1S/C5H13N3.C4H8O.2ClH/c1-5-4-8(6)3-2-7-5;1-2-4-5-3-1;;/h5,7H,2-4,6H2,1H3;1-4H2;2*1H. The highest BCUT2D eigenvalue weighted by Crippen LogP contribution is 1.98. The number of nitrogens with one attached hydrogen (secondary N) is 1. The molecular formula is C9H23Cl2N3O. The van der Waals surface area contributed by atoms with Gasteiger partial charge in [-0.3, -0.25) is 5.84 Å². The molecule has 2 aliphatic rings. The molecule has 0 aliphatic carbocycles. The molecule has 0 spiro atoms. The summed E-state index contributed by atoms with van der Waals surface area (Å²) in [6.07, 6.45) is 2.56. The third-order valence-corrected chi connectivity index (χ3v) is 2.23. The van der Waals surface area contributed by atoms with Crippen molar-refractivity contribution in [2.24, 2.45) is 5.84 Å². The van der Waals surface area contributed by atoms with E-state index in [-0.39, 0.29) is 24.8 Å². The van der Waals surface area contributed by atoms with Gasteiger partial charge >= 0.3 is 0 Å². The zero-order valence-corrected chi connectivity index (χ0v) is 10.9. The Labute approximate surface area is 105 Å². The topological polar surface area (TPSA) is 50.5 Å². The van der Waals surface area contributed by atoms with Gasteiger partial charge in [0.15, 0.2) is 0 Å². The largest absolute Gasteiger partial charge is 0.381 e. The molecule has 2 heterocycles. The summed E-state index contributed by atoms with van der Waals surface area (Å²) in [6.45, 7) is 7.11. The average molecular weight is 260 g/mol. The summed E-state index contributed by atoms with van der Waals surface area (Å²) < 4.78 is 4.94. The van der Waals surface area contributed by atoms with E-state index in [9.17, 15) is 0 Å². The van der Waals surface area contributed by atoms with E-state index >= 15 is 0 Å². The summed E-state index contributed by atoms with van der Waals surface area (Å²) in [5.74, 6) is 5.52. The van der Waals surface area contributed by atoms with E-state index in [4.69, 9.17) is 10.6 Å². The molecule has 15 heavy (non-hydrogen) atoms. The second kappa shape index (κ2) is 10.9. The lowest BCUT2D eigenvalue weighted by Gasteiger charge is -2.27. The lowest BCUT2D eigenvalue weighted by molar-refractivity contribution is 0.198. The lowest BCUT2D eigenvalue weighted by atomic mass is 10.3. The van der Waals surface area contributed by atoms with Crippen molar-refractivity contribution in [1.82, 2.24) is 10.3 Å². The van der Waals surface area contributed by atoms with Crippen molar-refractivity contribution >= 4 is 24.8 Å². The molecule has 0 saturated carbocycles. The van der Waals surface area contributed by atoms with Crippen LogP contribution >= 0.6 is 24.8 Å². The van der Waals surface area contributed by atoms with Crippen molar-refractivity contribution in [1.29, 1.82) is 0 Å². The zero-order chi connectivity index (χ0) is 9.52. The van der Waals surface area contributed by atoms with Crippen LogP contribution in [0.15, 0.2) is 0 Å². The van der Waals surface area contributed by atoms with Gasteiger partial charge in [0.25, 0.3) is 0 Å². The first-order chi connectivity index (χ1) is 6.29. The molecule has 1 atom stereocenters. The minimum absolute atomic E-state index is 0. The highest BCUT2D eigenvalue weighted by Gasteiger charge is 2.10. The molecule has 0 aromatic heterocycles. The van der Waals surface area contributed by atoms with Crippen molar-refractivity contribution in [3.8, 4) is 0 Å². The van der Waals surface area contributed by atoms with Gasteiger partial charge in [-0.25, -0.2) is 5.01 Å². The van der Waals surface area contributed by atoms with Crippen LogP contribution in [0.4, 0.5) is 0 Å². The number of hydrazine groups is 1. The van der Waals surface area contributed by atoms with Crippen LogP contribution in [0.3, 0.4) is 0 Å². The van der Waals surface area contributed by atoms with Gasteiger partial charge in [0.05, 0.1) is 0 Å². The van der Waals surface area contributed by atoms with Gasteiger partial charge in [0, 0.05) is 38.9 Å². The third-order valence-electron chi connectivity index (χ3n) is 2.23. The van der Waals surface area contributed by atoms with Crippen LogP contribution in [0.2, 0.25) is 0 Å². The second-order valence-corrected chi connectivity index (χ2v) is 3.67. The fourth-order valence-corrected chi connectivity index (χ4v) is 1.47. The van der Waals surface area contributed by atoms with Gasteiger partial charge < -0.3 is 10.1 Å². The van der Waals surface area contributed by atoms with Crippen LogP contribution in [0, 0.1) is 0 Å². The van der Waals surface area contributed by atoms with Gasteiger partial charge in [-0.15, -0.1) is 24.8 Å².